The maximum Gasteiger partial charge on any atom is 0.222 e. The molecule has 1 saturated heterocycles. The molecule has 0 aromatic heterocycles. The van der Waals surface area contributed by atoms with Crippen LogP contribution in [0.25, 0.3) is 0 Å². The highest BCUT2D eigenvalue weighted by atomic mass is 16.3. The molecule has 1 aromatic carbocycles. The normalized spacial score (nSPS) is 19.3. The minimum atomic E-state index is -0.256. The number of carbonyl (C=O) groups is 1. The molecule has 3 nitrogen and oxygen atoms in total. The standard InChI is InChI=1S/C20H31NO2/c1-2-3-12-19(22)15-16-21-18(13-14-20(21)23)11-7-10-17-8-5-4-6-9-17/h4-6,8-9,18-19,22H,2-3,7,10-16H2,1H3/t18?,19-/m1/s1. The monoisotopic (exact) mass is 317 g/mol. The van der Waals surface area contributed by atoms with Crippen LogP contribution in [0.3, 0.4) is 0 Å². The summed E-state index contributed by atoms with van der Waals surface area (Å²) in [6, 6.07) is 10.9. The van der Waals surface area contributed by atoms with Crippen molar-refractivity contribution in [3.8, 4) is 0 Å². The van der Waals surface area contributed by atoms with E-state index in [1.165, 1.54) is 5.56 Å². The smallest absolute Gasteiger partial charge is 0.222 e. The van der Waals surface area contributed by atoms with E-state index in [4.69, 9.17) is 0 Å². The van der Waals surface area contributed by atoms with Gasteiger partial charge in [-0.05, 0) is 44.1 Å². The van der Waals surface area contributed by atoms with E-state index < -0.39 is 0 Å². The van der Waals surface area contributed by atoms with Crippen molar-refractivity contribution >= 4 is 5.91 Å². The summed E-state index contributed by atoms with van der Waals surface area (Å²) >= 11 is 0. The number of nitrogens with zero attached hydrogens (tertiary/aromatic N) is 1. The molecule has 1 N–H and O–H groups in total. The van der Waals surface area contributed by atoms with Crippen LogP contribution in [-0.2, 0) is 11.2 Å². The highest BCUT2D eigenvalue weighted by Gasteiger charge is 2.30. The first-order chi connectivity index (χ1) is 11.2. The first kappa shape index (κ1) is 18.0. The van der Waals surface area contributed by atoms with Crippen LogP contribution in [0.4, 0.5) is 0 Å². The van der Waals surface area contributed by atoms with Gasteiger partial charge in [-0.15, -0.1) is 0 Å². The van der Waals surface area contributed by atoms with Gasteiger partial charge in [-0.25, -0.2) is 0 Å². The molecule has 128 valence electrons. The summed E-state index contributed by atoms with van der Waals surface area (Å²) in [5.74, 6) is 0.275. The van der Waals surface area contributed by atoms with Gasteiger partial charge in [0.25, 0.3) is 0 Å². The molecular weight excluding hydrogens is 286 g/mol. The van der Waals surface area contributed by atoms with Gasteiger partial charge < -0.3 is 10.0 Å². The summed E-state index contributed by atoms with van der Waals surface area (Å²) < 4.78 is 0. The predicted molar refractivity (Wildman–Crippen MR) is 94.3 cm³/mol. The molecule has 1 aliphatic heterocycles. The number of aliphatic hydroxyl groups is 1. The zero-order valence-electron chi connectivity index (χ0n) is 14.4. The second kappa shape index (κ2) is 9.71. The molecule has 23 heavy (non-hydrogen) atoms. The number of carbonyl (C=O) groups excluding carboxylic acids is 1. The number of aliphatic hydroxyl groups excluding tert-OH is 1. The zero-order chi connectivity index (χ0) is 16.5. The second-order valence-corrected chi connectivity index (χ2v) is 6.74. The Morgan fingerprint density at radius 1 is 1.22 bits per heavy atom. The average molecular weight is 317 g/mol. The quantitative estimate of drug-likeness (QED) is 0.710. The van der Waals surface area contributed by atoms with Gasteiger partial charge in [0.05, 0.1) is 6.10 Å². The Kier molecular flexibility index (Phi) is 7.60. The van der Waals surface area contributed by atoms with Gasteiger partial charge >= 0.3 is 0 Å². The molecule has 0 bridgehead atoms. The Bertz CT molecular complexity index is 460. The molecule has 0 saturated carbocycles. The summed E-state index contributed by atoms with van der Waals surface area (Å²) in [4.78, 5) is 14.1. The summed E-state index contributed by atoms with van der Waals surface area (Å²) in [5.41, 5.74) is 1.37. The van der Waals surface area contributed by atoms with Gasteiger partial charge in [-0.1, -0.05) is 50.1 Å². The van der Waals surface area contributed by atoms with Crippen molar-refractivity contribution in [1.29, 1.82) is 0 Å². The Labute approximate surface area is 140 Å². The van der Waals surface area contributed by atoms with E-state index in [0.717, 1.165) is 57.9 Å². The first-order valence-corrected chi connectivity index (χ1v) is 9.22. The lowest BCUT2D eigenvalue weighted by Gasteiger charge is -2.26. The molecule has 1 aromatic rings. The molecule has 1 heterocycles. The number of hydrogen-bond donors (Lipinski definition) is 1. The highest BCUT2D eigenvalue weighted by Crippen LogP contribution is 2.24. The number of hydrogen-bond acceptors (Lipinski definition) is 2. The Hall–Kier alpha value is -1.35. The summed E-state index contributed by atoms with van der Waals surface area (Å²) in [6.07, 6.45) is 8.45. The third-order valence-electron chi connectivity index (χ3n) is 4.89. The molecule has 2 rings (SSSR count). The van der Waals surface area contributed by atoms with Gasteiger partial charge in [0.2, 0.25) is 5.91 Å². The van der Waals surface area contributed by atoms with Crippen LogP contribution in [0.2, 0.25) is 0 Å². The molecule has 0 radical (unpaired) electrons. The minimum Gasteiger partial charge on any atom is -0.393 e. The number of aryl methyl sites for hydroxylation is 1. The minimum absolute atomic E-state index is 0.256. The molecule has 1 unspecified atom stereocenters. The molecule has 1 aliphatic rings. The van der Waals surface area contributed by atoms with E-state index in [1.54, 1.807) is 0 Å². The number of likely N-dealkylation sites (tertiary alicyclic amines) is 1. The van der Waals surface area contributed by atoms with Crippen molar-refractivity contribution in [3.05, 3.63) is 35.9 Å². The lowest BCUT2D eigenvalue weighted by atomic mass is 10.0. The predicted octanol–water partition coefficient (Wildman–Crippen LogP) is 3.94. The molecule has 1 fully saturated rings. The lowest BCUT2D eigenvalue weighted by molar-refractivity contribution is -0.129. The fraction of sp³-hybridized carbons (Fsp3) is 0.650. The highest BCUT2D eigenvalue weighted by molar-refractivity contribution is 5.78. The number of amides is 1. The first-order valence-electron chi connectivity index (χ1n) is 9.22. The van der Waals surface area contributed by atoms with Crippen LogP contribution in [0.1, 0.15) is 63.9 Å². The van der Waals surface area contributed by atoms with Crippen LogP contribution < -0.4 is 0 Å². The largest absolute Gasteiger partial charge is 0.393 e. The van der Waals surface area contributed by atoms with E-state index in [0.29, 0.717) is 12.5 Å². The molecule has 0 aliphatic carbocycles. The summed E-state index contributed by atoms with van der Waals surface area (Å²) in [6.45, 7) is 2.86. The Morgan fingerprint density at radius 2 is 2.00 bits per heavy atom. The van der Waals surface area contributed by atoms with Crippen LogP contribution in [0, 0.1) is 0 Å². The van der Waals surface area contributed by atoms with Gasteiger partial charge in [0.1, 0.15) is 0 Å². The maximum absolute atomic E-state index is 12.1. The Morgan fingerprint density at radius 3 is 2.74 bits per heavy atom. The van der Waals surface area contributed by atoms with E-state index in [2.05, 4.69) is 31.2 Å². The average Bonchev–Trinajstić information content (AvgIpc) is 2.92. The van der Waals surface area contributed by atoms with Crippen molar-refractivity contribution in [2.75, 3.05) is 6.54 Å². The zero-order valence-corrected chi connectivity index (χ0v) is 14.4. The van der Waals surface area contributed by atoms with E-state index >= 15 is 0 Å². The SMILES string of the molecule is CCCC[C@@H](O)CCN1C(=O)CCC1CCCc1ccccc1. The molecule has 1 amide bonds. The van der Waals surface area contributed by atoms with Gasteiger partial charge in [0.15, 0.2) is 0 Å². The molecule has 2 atom stereocenters. The van der Waals surface area contributed by atoms with Gasteiger partial charge in [-0.3, -0.25) is 4.79 Å². The number of benzene rings is 1. The Balaban J connectivity index is 1.73. The summed E-state index contributed by atoms with van der Waals surface area (Å²) in [5, 5.41) is 10.00. The fourth-order valence-electron chi connectivity index (χ4n) is 3.46. The van der Waals surface area contributed by atoms with Crippen molar-refractivity contribution in [2.24, 2.45) is 0 Å². The van der Waals surface area contributed by atoms with Crippen LogP contribution in [-0.4, -0.2) is 34.6 Å². The van der Waals surface area contributed by atoms with E-state index in [1.807, 2.05) is 11.0 Å². The van der Waals surface area contributed by atoms with Crippen molar-refractivity contribution in [1.82, 2.24) is 4.90 Å². The third kappa shape index (κ3) is 5.98. The number of unbranched alkanes of at least 4 members (excludes halogenated alkanes) is 1. The van der Waals surface area contributed by atoms with Crippen molar-refractivity contribution in [2.45, 2.75) is 76.9 Å². The number of rotatable bonds is 10. The van der Waals surface area contributed by atoms with E-state index in [9.17, 15) is 9.90 Å². The summed E-state index contributed by atoms with van der Waals surface area (Å²) in [7, 11) is 0. The van der Waals surface area contributed by atoms with E-state index in [-0.39, 0.29) is 12.0 Å². The lowest BCUT2D eigenvalue weighted by Crippen LogP contribution is -2.35. The maximum atomic E-state index is 12.1. The molecule has 3 heteroatoms. The topological polar surface area (TPSA) is 40.5 Å². The molecular formula is C20H31NO2. The van der Waals surface area contributed by atoms with Crippen molar-refractivity contribution in [3.63, 3.8) is 0 Å². The van der Waals surface area contributed by atoms with Crippen LogP contribution in [0.15, 0.2) is 30.3 Å². The molecule has 0 spiro atoms. The fourth-order valence-corrected chi connectivity index (χ4v) is 3.46. The third-order valence-corrected chi connectivity index (χ3v) is 4.89. The van der Waals surface area contributed by atoms with Crippen LogP contribution in [0.5, 0.6) is 0 Å². The van der Waals surface area contributed by atoms with Crippen LogP contribution >= 0.6 is 0 Å². The van der Waals surface area contributed by atoms with Gasteiger partial charge in [0, 0.05) is 19.0 Å². The van der Waals surface area contributed by atoms with Gasteiger partial charge in [-0.2, -0.15) is 0 Å². The second-order valence-electron chi connectivity index (χ2n) is 6.74. The van der Waals surface area contributed by atoms with Crippen molar-refractivity contribution < 1.29 is 9.90 Å².